The van der Waals surface area contributed by atoms with Gasteiger partial charge in [-0.15, -0.1) is 0 Å². The van der Waals surface area contributed by atoms with Gasteiger partial charge in [0.1, 0.15) is 5.82 Å². The maximum Gasteiger partial charge on any atom is 0.256 e. The molecule has 1 amide bonds. The normalized spacial score (nSPS) is 27.9. The van der Waals surface area contributed by atoms with Crippen LogP contribution in [0.1, 0.15) is 41.6 Å². The van der Waals surface area contributed by atoms with Crippen molar-refractivity contribution in [1.29, 1.82) is 0 Å². The van der Waals surface area contributed by atoms with E-state index < -0.39 is 5.82 Å². The van der Waals surface area contributed by atoms with Gasteiger partial charge in [-0.05, 0) is 61.6 Å². The number of fused-ring (bicyclic) bond motifs is 2. The Morgan fingerprint density at radius 2 is 2.15 bits per heavy atom. The van der Waals surface area contributed by atoms with Crippen LogP contribution in [0, 0.1) is 30.5 Å². The summed E-state index contributed by atoms with van der Waals surface area (Å²) in [5.41, 5.74) is 1.04. The fourth-order valence-electron chi connectivity index (χ4n) is 4.03. The zero-order valence-electron chi connectivity index (χ0n) is 12.2. The third-order valence-electron chi connectivity index (χ3n) is 5.09. The predicted octanol–water partition coefficient (Wildman–Crippen LogP) is 3.64. The summed E-state index contributed by atoms with van der Waals surface area (Å²) in [4.78, 5) is 14.1. The number of carbonyl (C=O) groups is 1. The first-order chi connectivity index (χ1) is 9.54. The number of carbonyl (C=O) groups excluding carboxylic acids is 1. The Kier molecular flexibility index (Phi) is 3.53. The van der Waals surface area contributed by atoms with E-state index in [1.165, 1.54) is 31.7 Å². The standard InChI is InChI=1S/C17H22FNO/c1-11-3-6-15(16(18)7-11)17(20)19(2)10-14-9-12-4-5-13(14)8-12/h3,6-7,12-14H,4-5,8-10H2,1-2H3. The van der Waals surface area contributed by atoms with Crippen molar-refractivity contribution in [2.45, 2.75) is 32.6 Å². The molecule has 0 spiro atoms. The first kappa shape index (κ1) is 13.6. The van der Waals surface area contributed by atoms with Crippen molar-refractivity contribution in [3.8, 4) is 0 Å². The number of amides is 1. The van der Waals surface area contributed by atoms with Crippen LogP contribution in [0.2, 0.25) is 0 Å². The van der Waals surface area contributed by atoms with Crippen LogP contribution < -0.4 is 0 Å². The zero-order valence-corrected chi connectivity index (χ0v) is 12.2. The highest BCUT2D eigenvalue weighted by Gasteiger charge is 2.40. The maximum atomic E-state index is 13.9. The monoisotopic (exact) mass is 275 g/mol. The number of hydrogen-bond donors (Lipinski definition) is 0. The van der Waals surface area contributed by atoms with Gasteiger partial charge in [-0.1, -0.05) is 12.5 Å². The minimum absolute atomic E-state index is 0.190. The van der Waals surface area contributed by atoms with E-state index in [9.17, 15) is 9.18 Å². The van der Waals surface area contributed by atoms with E-state index in [0.717, 1.165) is 23.9 Å². The number of halogens is 1. The third kappa shape index (κ3) is 2.46. The van der Waals surface area contributed by atoms with E-state index in [0.29, 0.717) is 5.92 Å². The number of nitrogens with zero attached hydrogens (tertiary/aromatic N) is 1. The van der Waals surface area contributed by atoms with Gasteiger partial charge in [0.2, 0.25) is 0 Å². The second-order valence-electron chi connectivity index (χ2n) is 6.60. The second-order valence-corrected chi connectivity index (χ2v) is 6.60. The lowest BCUT2D eigenvalue weighted by Crippen LogP contribution is -2.34. The van der Waals surface area contributed by atoms with Gasteiger partial charge in [-0.2, -0.15) is 0 Å². The van der Waals surface area contributed by atoms with Crippen LogP contribution in [0.5, 0.6) is 0 Å². The number of benzene rings is 1. The molecule has 0 aromatic heterocycles. The molecule has 0 aliphatic heterocycles. The van der Waals surface area contributed by atoms with Gasteiger partial charge < -0.3 is 4.90 Å². The Balaban J connectivity index is 1.67. The summed E-state index contributed by atoms with van der Waals surface area (Å²) in [6.45, 7) is 2.60. The van der Waals surface area contributed by atoms with Gasteiger partial charge in [-0.3, -0.25) is 4.79 Å². The predicted molar refractivity (Wildman–Crippen MR) is 77.0 cm³/mol. The average molecular weight is 275 g/mol. The molecule has 2 aliphatic rings. The lowest BCUT2D eigenvalue weighted by molar-refractivity contribution is 0.0749. The number of hydrogen-bond acceptors (Lipinski definition) is 1. The fraction of sp³-hybridized carbons (Fsp3) is 0.588. The van der Waals surface area contributed by atoms with E-state index in [1.807, 2.05) is 6.92 Å². The molecular formula is C17H22FNO. The first-order valence-electron chi connectivity index (χ1n) is 7.56. The summed E-state index contributed by atoms with van der Waals surface area (Å²) < 4.78 is 13.9. The van der Waals surface area contributed by atoms with Crippen molar-refractivity contribution in [3.63, 3.8) is 0 Å². The lowest BCUT2D eigenvalue weighted by atomic mass is 9.88. The van der Waals surface area contributed by atoms with Gasteiger partial charge in [0.25, 0.3) is 5.91 Å². The third-order valence-corrected chi connectivity index (χ3v) is 5.09. The largest absolute Gasteiger partial charge is 0.341 e. The van der Waals surface area contributed by atoms with Crippen LogP contribution in [0.15, 0.2) is 18.2 Å². The van der Waals surface area contributed by atoms with Gasteiger partial charge >= 0.3 is 0 Å². The van der Waals surface area contributed by atoms with Crippen molar-refractivity contribution in [3.05, 3.63) is 35.1 Å². The summed E-state index contributed by atoms with van der Waals surface area (Å²) in [5.74, 6) is 1.69. The highest BCUT2D eigenvalue weighted by atomic mass is 19.1. The van der Waals surface area contributed by atoms with Crippen LogP contribution in [-0.4, -0.2) is 24.4 Å². The van der Waals surface area contributed by atoms with E-state index in [2.05, 4.69) is 0 Å². The van der Waals surface area contributed by atoms with E-state index in [4.69, 9.17) is 0 Å². The SMILES string of the molecule is Cc1ccc(C(=O)N(C)CC2CC3CCC2C3)c(F)c1. The summed E-state index contributed by atoms with van der Waals surface area (Å²) >= 11 is 0. The van der Waals surface area contributed by atoms with Crippen molar-refractivity contribution >= 4 is 5.91 Å². The molecule has 20 heavy (non-hydrogen) atoms. The van der Waals surface area contributed by atoms with Crippen molar-refractivity contribution in [2.75, 3.05) is 13.6 Å². The molecule has 1 aromatic carbocycles. The summed E-state index contributed by atoms with van der Waals surface area (Å²) in [6, 6.07) is 4.82. The second kappa shape index (κ2) is 5.19. The molecule has 0 N–H and O–H groups in total. The maximum absolute atomic E-state index is 13.9. The van der Waals surface area contributed by atoms with Crippen molar-refractivity contribution in [1.82, 2.24) is 4.90 Å². The Labute approximate surface area is 120 Å². The summed E-state index contributed by atoms with van der Waals surface area (Å²) in [5, 5.41) is 0. The first-order valence-corrected chi connectivity index (χ1v) is 7.56. The Hall–Kier alpha value is -1.38. The molecule has 3 unspecified atom stereocenters. The summed E-state index contributed by atoms with van der Waals surface area (Å²) in [6.07, 6.45) is 5.27. The highest BCUT2D eigenvalue weighted by molar-refractivity contribution is 5.94. The van der Waals surface area contributed by atoms with E-state index in [1.54, 1.807) is 24.1 Å². The molecule has 2 saturated carbocycles. The zero-order chi connectivity index (χ0) is 14.3. The number of aryl methyl sites for hydroxylation is 1. The average Bonchev–Trinajstić information content (AvgIpc) is 3.00. The van der Waals surface area contributed by atoms with E-state index in [-0.39, 0.29) is 11.5 Å². The van der Waals surface area contributed by atoms with Gasteiger partial charge in [0.05, 0.1) is 5.56 Å². The van der Waals surface area contributed by atoms with Crippen LogP contribution in [0.3, 0.4) is 0 Å². The molecule has 108 valence electrons. The molecule has 2 bridgehead atoms. The molecule has 3 atom stereocenters. The molecular weight excluding hydrogens is 253 g/mol. The molecule has 3 heteroatoms. The minimum Gasteiger partial charge on any atom is -0.341 e. The molecule has 3 rings (SSSR count). The van der Waals surface area contributed by atoms with Gasteiger partial charge in [-0.25, -0.2) is 4.39 Å². The molecule has 2 fully saturated rings. The topological polar surface area (TPSA) is 20.3 Å². The molecule has 2 aliphatic carbocycles. The fourth-order valence-corrected chi connectivity index (χ4v) is 4.03. The van der Waals surface area contributed by atoms with Crippen LogP contribution in [-0.2, 0) is 0 Å². The molecule has 2 nitrogen and oxygen atoms in total. The molecule has 1 aromatic rings. The lowest BCUT2D eigenvalue weighted by Gasteiger charge is -2.27. The molecule has 0 radical (unpaired) electrons. The quantitative estimate of drug-likeness (QED) is 0.824. The van der Waals surface area contributed by atoms with E-state index >= 15 is 0 Å². The molecule has 0 saturated heterocycles. The van der Waals surface area contributed by atoms with Crippen LogP contribution >= 0.6 is 0 Å². The van der Waals surface area contributed by atoms with Crippen molar-refractivity contribution < 1.29 is 9.18 Å². The Morgan fingerprint density at radius 3 is 2.75 bits per heavy atom. The summed E-state index contributed by atoms with van der Waals surface area (Å²) in [7, 11) is 1.80. The Morgan fingerprint density at radius 1 is 1.35 bits per heavy atom. The van der Waals surface area contributed by atoms with Crippen molar-refractivity contribution in [2.24, 2.45) is 17.8 Å². The molecule has 0 heterocycles. The van der Waals surface area contributed by atoms with Gasteiger partial charge in [0, 0.05) is 13.6 Å². The number of rotatable bonds is 3. The van der Waals surface area contributed by atoms with Crippen LogP contribution in [0.4, 0.5) is 4.39 Å². The van der Waals surface area contributed by atoms with Gasteiger partial charge in [0.15, 0.2) is 0 Å². The Bertz CT molecular complexity index is 528. The smallest absolute Gasteiger partial charge is 0.256 e. The highest BCUT2D eigenvalue weighted by Crippen LogP contribution is 2.48. The van der Waals surface area contributed by atoms with Crippen LogP contribution in [0.25, 0.3) is 0 Å². The minimum atomic E-state index is -0.408.